The molecule has 1 aliphatic heterocycles. The number of carbonyl (C=O) groups is 1. The molecule has 28 heavy (non-hydrogen) atoms. The SMILES string of the molecule is COC(=O)C(C)C(c1ccc2c(c1)OC(Cc1ccc(Cl)cc1F)C2)C1CC1. The van der Waals surface area contributed by atoms with Gasteiger partial charge in [-0.25, -0.2) is 4.39 Å². The molecule has 148 valence electrons. The quantitative estimate of drug-likeness (QED) is 0.613. The van der Waals surface area contributed by atoms with E-state index < -0.39 is 0 Å². The summed E-state index contributed by atoms with van der Waals surface area (Å²) in [7, 11) is 1.44. The zero-order valence-corrected chi connectivity index (χ0v) is 16.8. The molecule has 1 saturated carbocycles. The Morgan fingerprint density at radius 2 is 2.07 bits per heavy atom. The fraction of sp³-hybridized carbons (Fsp3) is 0.435. The molecule has 0 spiro atoms. The Bertz CT molecular complexity index is 893. The van der Waals surface area contributed by atoms with E-state index in [0.717, 1.165) is 36.1 Å². The number of ether oxygens (including phenoxy) is 2. The third-order valence-corrected chi connectivity index (χ3v) is 6.16. The molecule has 0 bridgehead atoms. The van der Waals surface area contributed by atoms with Crippen LogP contribution in [0.5, 0.6) is 5.75 Å². The first-order chi connectivity index (χ1) is 13.5. The summed E-state index contributed by atoms with van der Waals surface area (Å²) in [5.41, 5.74) is 2.86. The molecule has 2 aromatic carbocycles. The van der Waals surface area contributed by atoms with E-state index >= 15 is 0 Å². The van der Waals surface area contributed by atoms with Crippen molar-refractivity contribution in [3.63, 3.8) is 0 Å². The molecule has 2 aliphatic rings. The molecular weight excluding hydrogens is 379 g/mol. The second kappa shape index (κ2) is 7.75. The van der Waals surface area contributed by atoms with Gasteiger partial charge in [0.25, 0.3) is 0 Å². The van der Waals surface area contributed by atoms with Gasteiger partial charge in [0.2, 0.25) is 0 Å². The van der Waals surface area contributed by atoms with Crippen molar-refractivity contribution in [2.45, 2.75) is 44.6 Å². The molecule has 3 unspecified atom stereocenters. The van der Waals surface area contributed by atoms with Crippen molar-refractivity contribution < 1.29 is 18.7 Å². The molecule has 1 heterocycles. The number of carbonyl (C=O) groups excluding carboxylic acids is 1. The zero-order chi connectivity index (χ0) is 19.8. The van der Waals surface area contributed by atoms with E-state index in [1.807, 2.05) is 6.92 Å². The second-order valence-corrected chi connectivity index (χ2v) is 8.36. The number of benzene rings is 2. The monoisotopic (exact) mass is 402 g/mol. The van der Waals surface area contributed by atoms with Crippen LogP contribution in [0.3, 0.4) is 0 Å². The highest BCUT2D eigenvalue weighted by atomic mass is 35.5. The van der Waals surface area contributed by atoms with Crippen molar-refractivity contribution >= 4 is 17.6 Å². The number of rotatable bonds is 6. The third kappa shape index (κ3) is 3.88. The lowest BCUT2D eigenvalue weighted by molar-refractivity contribution is -0.145. The Balaban J connectivity index is 1.51. The molecule has 4 rings (SSSR count). The molecule has 1 fully saturated rings. The fourth-order valence-corrected chi connectivity index (χ4v) is 4.49. The molecule has 3 nitrogen and oxygen atoms in total. The summed E-state index contributed by atoms with van der Waals surface area (Å²) in [4.78, 5) is 12.1. The average molecular weight is 403 g/mol. The van der Waals surface area contributed by atoms with E-state index in [0.29, 0.717) is 22.9 Å². The van der Waals surface area contributed by atoms with Crippen LogP contribution in [-0.4, -0.2) is 19.2 Å². The minimum Gasteiger partial charge on any atom is -0.489 e. The van der Waals surface area contributed by atoms with Crippen molar-refractivity contribution in [1.82, 2.24) is 0 Å². The Morgan fingerprint density at radius 1 is 1.29 bits per heavy atom. The maximum Gasteiger partial charge on any atom is 0.309 e. The maximum absolute atomic E-state index is 14.1. The molecule has 0 saturated heterocycles. The number of fused-ring (bicyclic) bond motifs is 1. The molecule has 0 N–H and O–H groups in total. The molecule has 3 atom stereocenters. The Labute approximate surface area is 169 Å². The van der Waals surface area contributed by atoms with E-state index in [2.05, 4.69) is 18.2 Å². The summed E-state index contributed by atoms with van der Waals surface area (Å²) in [5.74, 6) is 0.861. The van der Waals surface area contributed by atoms with E-state index in [1.54, 1.807) is 12.1 Å². The van der Waals surface area contributed by atoms with E-state index in [4.69, 9.17) is 21.1 Å². The Kier molecular flexibility index (Phi) is 5.33. The third-order valence-electron chi connectivity index (χ3n) is 5.92. The highest BCUT2D eigenvalue weighted by Gasteiger charge is 2.39. The van der Waals surface area contributed by atoms with Crippen LogP contribution in [0.1, 0.15) is 42.4 Å². The van der Waals surface area contributed by atoms with Gasteiger partial charge < -0.3 is 9.47 Å². The minimum absolute atomic E-state index is 0.0988. The smallest absolute Gasteiger partial charge is 0.309 e. The van der Waals surface area contributed by atoms with Gasteiger partial charge in [0.05, 0.1) is 13.0 Å². The van der Waals surface area contributed by atoms with Gasteiger partial charge in [0.15, 0.2) is 0 Å². The molecule has 0 aromatic heterocycles. The maximum atomic E-state index is 14.1. The lowest BCUT2D eigenvalue weighted by Crippen LogP contribution is -2.22. The van der Waals surface area contributed by atoms with Gasteiger partial charge in [-0.3, -0.25) is 4.79 Å². The van der Waals surface area contributed by atoms with Crippen LogP contribution >= 0.6 is 11.6 Å². The van der Waals surface area contributed by atoms with Gasteiger partial charge in [-0.2, -0.15) is 0 Å². The average Bonchev–Trinajstić information content (AvgIpc) is 3.42. The first-order valence-corrected chi connectivity index (χ1v) is 10.1. The normalized spacial score (nSPS) is 20.2. The van der Waals surface area contributed by atoms with Crippen LogP contribution in [0.15, 0.2) is 36.4 Å². The molecule has 2 aromatic rings. The highest BCUT2D eigenvalue weighted by Crippen LogP contribution is 2.48. The number of halogens is 2. The zero-order valence-electron chi connectivity index (χ0n) is 16.1. The molecular formula is C23H24ClFO3. The fourth-order valence-electron chi connectivity index (χ4n) is 4.33. The summed E-state index contributed by atoms with van der Waals surface area (Å²) < 4.78 is 25.2. The number of methoxy groups -OCH3 is 1. The first kappa shape index (κ1) is 19.3. The molecule has 5 heteroatoms. The van der Waals surface area contributed by atoms with Crippen LogP contribution < -0.4 is 4.74 Å². The van der Waals surface area contributed by atoms with E-state index in [-0.39, 0.29) is 29.7 Å². The van der Waals surface area contributed by atoms with Gasteiger partial charge in [-0.05, 0) is 59.6 Å². The van der Waals surface area contributed by atoms with Gasteiger partial charge in [0, 0.05) is 17.9 Å². The Hall–Kier alpha value is -2.07. The van der Waals surface area contributed by atoms with Crippen molar-refractivity contribution in [2.75, 3.05) is 7.11 Å². The molecule has 0 amide bonds. The van der Waals surface area contributed by atoms with E-state index in [9.17, 15) is 9.18 Å². The summed E-state index contributed by atoms with van der Waals surface area (Å²) in [5, 5.41) is 0.396. The predicted molar refractivity (Wildman–Crippen MR) is 106 cm³/mol. The number of hydrogen-bond donors (Lipinski definition) is 0. The number of hydrogen-bond acceptors (Lipinski definition) is 3. The topological polar surface area (TPSA) is 35.5 Å². The highest BCUT2D eigenvalue weighted by molar-refractivity contribution is 6.30. The van der Waals surface area contributed by atoms with Crippen molar-refractivity contribution in [1.29, 1.82) is 0 Å². The standard InChI is InChI=1S/C23H24ClFO3/c1-13(23(26)27-2)22(14-3-4-14)17-6-5-16-10-19(28-21(16)11-17)9-15-7-8-18(24)12-20(15)25/h5-8,11-14,19,22H,3-4,9-10H2,1-2H3. The van der Waals surface area contributed by atoms with Crippen molar-refractivity contribution in [3.8, 4) is 5.75 Å². The van der Waals surface area contributed by atoms with Crippen LogP contribution in [0.4, 0.5) is 4.39 Å². The minimum atomic E-state index is -0.298. The second-order valence-electron chi connectivity index (χ2n) is 7.93. The van der Waals surface area contributed by atoms with Crippen molar-refractivity contribution in [3.05, 3.63) is 63.9 Å². The summed E-state index contributed by atoms with van der Waals surface area (Å²) >= 11 is 5.84. The van der Waals surface area contributed by atoms with Crippen molar-refractivity contribution in [2.24, 2.45) is 11.8 Å². The number of esters is 1. The first-order valence-electron chi connectivity index (χ1n) is 9.77. The van der Waals surface area contributed by atoms with Crippen LogP contribution in [0.25, 0.3) is 0 Å². The van der Waals surface area contributed by atoms with Gasteiger partial charge in [0.1, 0.15) is 17.7 Å². The summed E-state index contributed by atoms with van der Waals surface area (Å²) in [6.07, 6.45) is 3.43. The largest absolute Gasteiger partial charge is 0.489 e. The van der Waals surface area contributed by atoms with E-state index in [1.165, 1.54) is 13.2 Å². The lowest BCUT2D eigenvalue weighted by atomic mass is 9.83. The van der Waals surface area contributed by atoms with Crippen LogP contribution in [0, 0.1) is 17.7 Å². The van der Waals surface area contributed by atoms with Gasteiger partial charge in [-0.15, -0.1) is 0 Å². The summed E-state index contributed by atoms with van der Waals surface area (Å²) in [6.45, 7) is 1.94. The summed E-state index contributed by atoms with van der Waals surface area (Å²) in [6, 6.07) is 11.0. The molecule has 0 radical (unpaired) electrons. The van der Waals surface area contributed by atoms with Gasteiger partial charge in [-0.1, -0.05) is 36.7 Å². The van der Waals surface area contributed by atoms with Gasteiger partial charge >= 0.3 is 5.97 Å². The van der Waals surface area contributed by atoms with Crippen LogP contribution in [-0.2, 0) is 22.4 Å². The van der Waals surface area contributed by atoms with Crippen LogP contribution in [0.2, 0.25) is 5.02 Å². The lowest BCUT2D eigenvalue weighted by Gasteiger charge is -2.23. The molecule has 1 aliphatic carbocycles. The Morgan fingerprint density at radius 3 is 2.75 bits per heavy atom. The predicted octanol–water partition coefficient (Wildman–Crippen LogP) is 5.33.